The van der Waals surface area contributed by atoms with Crippen LogP contribution in [-0.4, -0.2) is 106 Å². The smallest absolute Gasteiger partial charge is 0.320 e. The predicted octanol–water partition coefficient (Wildman–Crippen LogP) is 0.381. The fraction of sp³-hybridized carbons (Fsp3) is 0.591. The number of ether oxygens (including phenoxy) is 2. The van der Waals surface area contributed by atoms with E-state index in [1.807, 2.05) is 7.05 Å². The maximum Gasteiger partial charge on any atom is 0.320 e. The molecule has 1 aliphatic carbocycles. The van der Waals surface area contributed by atoms with Crippen molar-refractivity contribution in [3.8, 4) is 17.1 Å². The molecule has 12 heteroatoms. The number of likely N-dealkylation sites (tertiary alicyclic amines) is 1. The number of aromatic nitrogens is 4. The molecule has 1 atom stereocenters. The topological polar surface area (TPSA) is 143 Å². The van der Waals surface area contributed by atoms with Gasteiger partial charge in [-0.2, -0.15) is 4.98 Å². The second-order valence-corrected chi connectivity index (χ2v) is 8.97. The highest BCUT2D eigenvalue weighted by atomic mass is 16.5. The van der Waals surface area contributed by atoms with E-state index in [0.717, 1.165) is 18.4 Å². The Balaban J connectivity index is 1.27. The van der Waals surface area contributed by atoms with Crippen LogP contribution in [0, 0.1) is 0 Å². The molecule has 2 amide bonds. The van der Waals surface area contributed by atoms with Crippen molar-refractivity contribution in [3.63, 3.8) is 0 Å². The van der Waals surface area contributed by atoms with Gasteiger partial charge in [-0.15, -0.1) is 0 Å². The van der Waals surface area contributed by atoms with Gasteiger partial charge in [-0.1, -0.05) is 0 Å². The van der Waals surface area contributed by atoms with Gasteiger partial charge in [0.15, 0.2) is 0 Å². The number of aliphatic hydroxyl groups is 1. The maximum absolute atomic E-state index is 12.7. The summed E-state index contributed by atoms with van der Waals surface area (Å²) < 4.78 is 11.7. The van der Waals surface area contributed by atoms with Crippen molar-refractivity contribution in [3.05, 3.63) is 18.5 Å². The molecule has 2 saturated heterocycles. The molecule has 0 aromatic carbocycles. The predicted molar refractivity (Wildman–Crippen MR) is 123 cm³/mol. The number of carbonyl (C=O) groups is 1. The Bertz CT molecular complexity index is 1010. The van der Waals surface area contributed by atoms with E-state index >= 15 is 0 Å². The van der Waals surface area contributed by atoms with E-state index in [1.165, 1.54) is 0 Å². The van der Waals surface area contributed by atoms with Crippen LogP contribution in [0.3, 0.4) is 0 Å². The van der Waals surface area contributed by atoms with Crippen LogP contribution >= 0.6 is 0 Å². The lowest BCUT2D eigenvalue weighted by molar-refractivity contribution is 0.0334. The van der Waals surface area contributed by atoms with E-state index in [4.69, 9.17) is 20.2 Å². The molecule has 2 aliphatic heterocycles. The van der Waals surface area contributed by atoms with Gasteiger partial charge in [0.2, 0.25) is 17.8 Å². The van der Waals surface area contributed by atoms with Crippen molar-refractivity contribution in [2.24, 2.45) is 0 Å². The molecule has 2 aromatic rings. The molecular weight excluding hydrogens is 440 g/mol. The second kappa shape index (κ2) is 9.55. The minimum Gasteiger partial charge on any atom is -0.474 e. The lowest BCUT2D eigenvalue weighted by Crippen LogP contribution is -2.53. The van der Waals surface area contributed by atoms with E-state index < -0.39 is 6.10 Å². The summed E-state index contributed by atoms with van der Waals surface area (Å²) in [5, 5.41) is 9.71. The summed E-state index contributed by atoms with van der Waals surface area (Å²) in [5.41, 5.74) is 7.01. The SMILES string of the molecule is CN(C(=O)N1CC[C@H](O)C1)C1CC(Oc2cc(-c3cnc(N)nc3)nc(N3CCOCC3)n2)C1. The molecule has 5 rings (SSSR count). The second-order valence-electron chi connectivity index (χ2n) is 8.97. The van der Waals surface area contributed by atoms with E-state index in [-0.39, 0.29) is 24.1 Å². The van der Waals surface area contributed by atoms with Crippen molar-refractivity contribution in [2.45, 2.75) is 37.5 Å². The first-order chi connectivity index (χ1) is 16.5. The number of nitrogens with two attached hydrogens (primary N) is 1. The number of carbonyl (C=O) groups excluding carboxylic acids is 1. The number of anilines is 2. The summed E-state index contributed by atoms with van der Waals surface area (Å²) >= 11 is 0. The van der Waals surface area contributed by atoms with Gasteiger partial charge in [0.05, 0.1) is 25.0 Å². The third-order valence-corrected chi connectivity index (χ3v) is 6.59. The third kappa shape index (κ3) is 4.82. The number of hydrogen-bond acceptors (Lipinski definition) is 10. The zero-order valence-corrected chi connectivity index (χ0v) is 19.2. The van der Waals surface area contributed by atoms with E-state index in [2.05, 4.69) is 19.9 Å². The van der Waals surface area contributed by atoms with Gasteiger partial charge in [0, 0.05) is 76.1 Å². The average Bonchev–Trinajstić information content (AvgIpc) is 3.27. The lowest BCUT2D eigenvalue weighted by atomic mass is 9.88. The Hall–Kier alpha value is -3.25. The molecule has 0 unspecified atom stereocenters. The Kier molecular flexibility index (Phi) is 6.33. The van der Waals surface area contributed by atoms with Gasteiger partial charge in [0.1, 0.15) is 6.10 Å². The standard InChI is InChI=1S/C22H30N8O4/c1-28(22(32)30-3-2-16(31)13-30)15-8-17(9-15)34-19-10-18(14-11-24-20(23)25-12-14)26-21(27-19)29-4-6-33-7-5-29/h10-12,15-17,31H,2-9,13H2,1H3,(H2,23,24,25)/t15?,16-,17?/m0/s1. The number of urea groups is 1. The molecule has 34 heavy (non-hydrogen) atoms. The highest BCUT2D eigenvalue weighted by Gasteiger charge is 2.38. The van der Waals surface area contributed by atoms with E-state index in [0.29, 0.717) is 63.3 Å². The Morgan fingerprint density at radius 2 is 1.94 bits per heavy atom. The molecule has 12 nitrogen and oxygen atoms in total. The monoisotopic (exact) mass is 470 g/mol. The molecule has 3 aliphatic rings. The number of morpholine rings is 1. The van der Waals surface area contributed by atoms with Crippen molar-refractivity contribution in [1.29, 1.82) is 0 Å². The molecule has 0 radical (unpaired) electrons. The first-order valence-electron chi connectivity index (χ1n) is 11.6. The van der Waals surface area contributed by atoms with Gasteiger partial charge in [-0.25, -0.2) is 19.7 Å². The van der Waals surface area contributed by atoms with Crippen molar-refractivity contribution in [2.75, 3.05) is 57.1 Å². The van der Waals surface area contributed by atoms with Crippen LogP contribution in [0.4, 0.5) is 16.7 Å². The highest BCUT2D eigenvalue weighted by Crippen LogP contribution is 2.32. The van der Waals surface area contributed by atoms with Crippen LogP contribution < -0.4 is 15.4 Å². The molecule has 1 saturated carbocycles. The molecule has 3 fully saturated rings. The molecule has 0 bridgehead atoms. The summed E-state index contributed by atoms with van der Waals surface area (Å²) in [7, 11) is 1.81. The molecule has 4 heterocycles. The van der Waals surface area contributed by atoms with Crippen LogP contribution in [0.15, 0.2) is 18.5 Å². The number of amides is 2. The zero-order chi connectivity index (χ0) is 23.7. The Labute approximate surface area is 197 Å². The van der Waals surface area contributed by atoms with Gasteiger partial charge in [0.25, 0.3) is 0 Å². The number of nitrogen functional groups attached to an aromatic ring is 1. The summed E-state index contributed by atoms with van der Waals surface area (Å²) in [6, 6.07) is 1.84. The van der Waals surface area contributed by atoms with Crippen LogP contribution in [0.2, 0.25) is 0 Å². The summed E-state index contributed by atoms with van der Waals surface area (Å²) in [4.78, 5) is 35.7. The summed E-state index contributed by atoms with van der Waals surface area (Å²) in [6.45, 7) is 3.63. The Morgan fingerprint density at radius 1 is 1.21 bits per heavy atom. The maximum atomic E-state index is 12.7. The van der Waals surface area contributed by atoms with E-state index in [9.17, 15) is 9.90 Å². The van der Waals surface area contributed by atoms with Crippen LogP contribution in [-0.2, 0) is 4.74 Å². The normalized spacial score (nSPS) is 24.6. The van der Waals surface area contributed by atoms with Crippen molar-refractivity contribution in [1.82, 2.24) is 29.7 Å². The summed E-state index contributed by atoms with van der Waals surface area (Å²) in [5.74, 6) is 1.25. The fourth-order valence-electron chi connectivity index (χ4n) is 4.41. The van der Waals surface area contributed by atoms with Gasteiger partial charge in [-0.3, -0.25) is 0 Å². The number of rotatable bonds is 5. The van der Waals surface area contributed by atoms with Gasteiger partial charge in [-0.05, 0) is 6.42 Å². The van der Waals surface area contributed by atoms with Gasteiger partial charge < -0.3 is 35.0 Å². The molecule has 3 N–H and O–H groups in total. The average molecular weight is 471 g/mol. The first-order valence-corrected chi connectivity index (χ1v) is 11.6. The quantitative estimate of drug-likeness (QED) is 0.629. The van der Waals surface area contributed by atoms with Gasteiger partial charge >= 0.3 is 6.03 Å². The van der Waals surface area contributed by atoms with Crippen LogP contribution in [0.25, 0.3) is 11.3 Å². The lowest BCUT2D eigenvalue weighted by Gasteiger charge is -2.41. The molecule has 2 aromatic heterocycles. The largest absolute Gasteiger partial charge is 0.474 e. The number of hydrogen-bond donors (Lipinski definition) is 2. The minimum absolute atomic E-state index is 0.0396. The number of aliphatic hydroxyl groups excluding tert-OH is 1. The highest BCUT2D eigenvalue weighted by molar-refractivity contribution is 5.75. The van der Waals surface area contributed by atoms with Crippen LogP contribution in [0.1, 0.15) is 19.3 Å². The van der Waals surface area contributed by atoms with Crippen molar-refractivity contribution < 1.29 is 19.4 Å². The zero-order valence-electron chi connectivity index (χ0n) is 19.2. The van der Waals surface area contributed by atoms with Crippen LogP contribution in [0.5, 0.6) is 5.88 Å². The van der Waals surface area contributed by atoms with E-state index in [1.54, 1.807) is 28.3 Å². The fourth-order valence-corrected chi connectivity index (χ4v) is 4.41. The van der Waals surface area contributed by atoms with Crippen molar-refractivity contribution >= 4 is 17.9 Å². The summed E-state index contributed by atoms with van der Waals surface area (Å²) in [6.07, 6.45) is 4.86. The molecular formula is C22H30N8O4. The number of β-amino-alcohol motifs (C(OH)–C–C–N with tert-alkyl or cyclic N) is 1. The first kappa shape index (κ1) is 22.5. The minimum atomic E-state index is -0.422. The number of nitrogens with zero attached hydrogens (tertiary/aromatic N) is 7. The molecule has 0 spiro atoms. The Morgan fingerprint density at radius 3 is 2.62 bits per heavy atom. The molecule has 182 valence electrons. The third-order valence-electron chi connectivity index (χ3n) is 6.59.